The Balaban J connectivity index is 1.60. The summed E-state index contributed by atoms with van der Waals surface area (Å²) in [5.74, 6) is 0.383. The Hall–Kier alpha value is -3.55. The summed E-state index contributed by atoms with van der Waals surface area (Å²) in [6.45, 7) is 5.92. The number of ether oxygens (including phenoxy) is 3. The molecule has 0 saturated heterocycles. The Morgan fingerprint density at radius 2 is 1.78 bits per heavy atom. The van der Waals surface area contributed by atoms with Gasteiger partial charge in [0.15, 0.2) is 18.1 Å². The molecule has 0 radical (unpaired) electrons. The highest BCUT2D eigenvalue weighted by atomic mass is 35.5. The number of esters is 1. The van der Waals surface area contributed by atoms with Gasteiger partial charge in [-0.2, -0.15) is 5.10 Å². The number of hydrogen-bond donors (Lipinski definition) is 1. The Bertz CT molecular complexity index is 1290. The number of amides is 1. The van der Waals surface area contributed by atoms with Crippen LogP contribution >= 0.6 is 23.2 Å². The normalized spacial score (nSPS) is 11.0. The average Bonchev–Trinajstić information content (AvgIpc) is 2.83. The topological polar surface area (TPSA) is 86.2 Å². The van der Waals surface area contributed by atoms with Crippen LogP contribution in [0.5, 0.6) is 17.2 Å². The van der Waals surface area contributed by atoms with Gasteiger partial charge >= 0.3 is 5.97 Å². The van der Waals surface area contributed by atoms with Crippen molar-refractivity contribution in [3.63, 3.8) is 0 Å². The zero-order valence-corrected chi connectivity index (χ0v) is 21.8. The molecule has 0 bridgehead atoms. The van der Waals surface area contributed by atoms with Gasteiger partial charge in [-0.25, -0.2) is 10.2 Å². The number of hydrazone groups is 1. The SMILES string of the molecule is COc1cc(C=NNC(=O)COc2cc(C)ccc2C(C)C)ccc1OC(=O)c1ccc(Cl)cc1Cl. The highest BCUT2D eigenvalue weighted by molar-refractivity contribution is 6.36. The van der Waals surface area contributed by atoms with E-state index in [-0.39, 0.29) is 28.9 Å². The van der Waals surface area contributed by atoms with Crippen molar-refractivity contribution in [2.45, 2.75) is 26.7 Å². The molecule has 1 N–H and O–H groups in total. The van der Waals surface area contributed by atoms with Gasteiger partial charge in [0, 0.05) is 5.02 Å². The molecular formula is C27H26Cl2N2O5. The lowest BCUT2D eigenvalue weighted by Gasteiger charge is -2.14. The van der Waals surface area contributed by atoms with E-state index in [0.717, 1.165) is 11.1 Å². The maximum absolute atomic E-state index is 12.5. The number of benzene rings is 3. The monoisotopic (exact) mass is 528 g/mol. The van der Waals surface area contributed by atoms with Gasteiger partial charge in [0.25, 0.3) is 5.91 Å². The molecule has 0 aromatic heterocycles. The summed E-state index contributed by atoms with van der Waals surface area (Å²) in [6.07, 6.45) is 1.44. The van der Waals surface area contributed by atoms with Crippen LogP contribution in [0.4, 0.5) is 0 Å². The van der Waals surface area contributed by atoms with Crippen LogP contribution in [0.1, 0.15) is 46.8 Å². The second kappa shape index (κ2) is 12.4. The second-order valence-electron chi connectivity index (χ2n) is 8.20. The van der Waals surface area contributed by atoms with Gasteiger partial charge in [-0.05, 0) is 72.0 Å². The third kappa shape index (κ3) is 7.23. The third-order valence-corrected chi connectivity index (χ3v) is 5.64. The minimum atomic E-state index is -0.655. The molecule has 3 aromatic carbocycles. The Morgan fingerprint density at radius 3 is 2.47 bits per heavy atom. The van der Waals surface area contributed by atoms with Crippen molar-refractivity contribution < 1.29 is 23.8 Å². The van der Waals surface area contributed by atoms with E-state index in [4.69, 9.17) is 37.4 Å². The first kappa shape index (κ1) is 27.0. The fraction of sp³-hybridized carbons (Fsp3) is 0.222. The quantitative estimate of drug-likeness (QED) is 0.155. The number of carbonyl (C=O) groups excluding carboxylic acids is 2. The van der Waals surface area contributed by atoms with E-state index in [1.165, 1.54) is 25.5 Å². The highest BCUT2D eigenvalue weighted by Crippen LogP contribution is 2.30. The summed E-state index contributed by atoms with van der Waals surface area (Å²) in [5.41, 5.74) is 5.29. The molecule has 0 atom stereocenters. The van der Waals surface area contributed by atoms with E-state index >= 15 is 0 Å². The molecule has 36 heavy (non-hydrogen) atoms. The summed E-state index contributed by atoms with van der Waals surface area (Å²) < 4.78 is 16.5. The third-order valence-electron chi connectivity index (χ3n) is 5.09. The first-order chi connectivity index (χ1) is 17.2. The molecule has 3 aromatic rings. The minimum absolute atomic E-state index is 0.171. The zero-order valence-electron chi connectivity index (χ0n) is 20.3. The first-order valence-corrected chi connectivity index (χ1v) is 11.8. The molecule has 1 amide bonds. The Morgan fingerprint density at radius 1 is 1.00 bits per heavy atom. The molecule has 3 rings (SSSR count). The van der Waals surface area contributed by atoms with Crippen LogP contribution in [-0.2, 0) is 4.79 Å². The molecular weight excluding hydrogens is 503 g/mol. The molecule has 7 nitrogen and oxygen atoms in total. The predicted molar refractivity (Wildman–Crippen MR) is 141 cm³/mol. The molecule has 9 heteroatoms. The van der Waals surface area contributed by atoms with E-state index in [2.05, 4.69) is 24.4 Å². The van der Waals surface area contributed by atoms with Crippen LogP contribution in [0.15, 0.2) is 59.7 Å². The molecule has 0 aliphatic rings. The lowest BCUT2D eigenvalue weighted by Crippen LogP contribution is -2.25. The van der Waals surface area contributed by atoms with Crippen molar-refractivity contribution in [1.29, 1.82) is 0 Å². The van der Waals surface area contributed by atoms with Crippen molar-refractivity contribution >= 4 is 41.3 Å². The number of methoxy groups -OCH3 is 1. The van der Waals surface area contributed by atoms with Gasteiger partial charge in [0.05, 0.1) is 23.9 Å². The summed E-state index contributed by atoms with van der Waals surface area (Å²) in [6, 6.07) is 15.2. The van der Waals surface area contributed by atoms with E-state index in [1.54, 1.807) is 24.3 Å². The molecule has 0 saturated carbocycles. The van der Waals surface area contributed by atoms with Crippen molar-refractivity contribution in [3.05, 3.63) is 86.9 Å². The first-order valence-electron chi connectivity index (χ1n) is 11.1. The highest BCUT2D eigenvalue weighted by Gasteiger charge is 2.16. The van der Waals surface area contributed by atoms with Crippen molar-refractivity contribution in [1.82, 2.24) is 5.43 Å². The maximum atomic E-state index is 12.5. The van der Waals surface area contributed by atoms with Crippen LogP contribution in [0, 0.1) is 6.92 Å². The molecule has 0 fully saturated rings. The summed E-state index contributed by atoms with van der Waals surface area (Å²) in [5, 5.41) is 4.55. The van der Waals surface area contributed by atoms with Gasteiger partial charge in [0.2, 0.25) is 0 Å². The Kier molecular flexibility index (Phi) is 9.33. The standard InChI is InChI=1S/C27H26Cl2N2O5/c1-16(2)20-8-5-17(3)11-24(20)35-15-26(32)31-30-14-18-6-10-23(25(12-18)34-4)36-27(33)21-9-7-19(28)13-22(21)29/h5-14,16H,15H2,1-4H3,(H,31,32). The largest absolute Gasteiger partial charge is 0.493 e. The summed E-state index contributed by atoms with van der Waals surface area (Å²) in [7, 11) is 1.44. The molecule has 0 aliphatic carbocycles. The predicted octanol–water partition coefficient (Wildman–Crippen LogP) is 6.18. The smallest absolute Gasteiger partial charge is 0.345 e. The molecule has 0 unspecified atom stereocenters. The Labute approximate surface area is 220 Å². The molecule has 188 valence electrons. The second-order valence-corrected chi connectivity index (χ2v) is 9.05. The lowest BCUT2D eigenvalue weighted by atomic mass is 10.0. The van der Waals surface area contributed by atoms with E-state index < -0.39 is 11.9 Å². The van der Waals surface area contributed by atoms with Crippen LogP contribution in [0.2, 0.25) is 10.0 Å². The van der Waals surface area contributed by atoms with Gasteiger partial charge in [-0.1, -0.05) is 49.2 Å². The fourth-order valence-electron chi connectivity index (χ4n) is 3.26. The number of nitrogens with zero attached hydrogens (tertiary/aromatic N) is 1. The van der Waals surface area contributed by atoms with E-state index in [0.29, 0.717) is 22.1 Å². The number of hydrogen-bond acceptors (Lipinski definition) is 6. The number of nitrogens with one attached hydrogen (secondary N) is 1. The zero-order chi connectivity index (χ0) is 26.2. The van der Waals surface area contributed by atoms with Gasteiger partial charge < -0.3 is 14.2 Å². The number of halogens is 2. The van der Waals surface area contributed by atoms with Crippen LogP contribution in [0.3, 0.4) is 0 Å². The van der Waals surface area contributed by atoms with Gasteiger partial charge in [-0.15, -0.1) is 0 Å². The molecule has 0 spiro atoms. The number of carbonyl (C=O) groups is 2. The average molecular weight is 529 g/mol. The number of rotatable bonds is 9. The number of aryl methyl sites for hydroxylation is 1. The minimum Gasteiger partial charge on any atom is -0.493 e. The maximum Gasteiger partial charge on any atom is 0.345 e. The van der Waals surface area contributed by atoms with Gasteiger partial charge in [0.1, 0.15) is 5.75 Å². The fourth-order valence-corrected chi connectivity index (χ4v) is 3.74. The van der Waals surface area contributed by atoms with Crippen LogP contribution in [0.25, 0.3) is 0 Å². The summed E-state index contributed by atoms with van der Waals surface area (Å²) in [4.78, 5) is 24.7. The van der Waals surface area contributed by atoms with Crippen molar-refractivity contribution in [2.75, 3.05) is 13.7 Å². The van der Waals surface area contributed by atoms with Crippen LogP contribution < -0.4 is 19.6 Å². The van der Waals surface area contributed by atoms with Crippen molar-refractivity contribution in [3.8, 4) is 17.2 Å². The van der Waals surface area contributed by atoms with Gasteiger partial charge in [-0.3, -0.25) is 4.79 Å². The van der Waals surface area contributed by atoms with E-state index in [9.17, 15) is 9.59 Å². The summed E-state index contributed by atoms with van der Waals surface area (Å²) >= 11 is 12.0. The molecule has 0 aliphatic heterocycles. The lowest BCUT2D eigenvalue weighted by molar-refractivity contribution is -0.123. The van der Waals surface area contributed by atoms with Crippen LogP contribution in [-0.4, -0.2) is 31.8 Å². The molecule has 0 heterocycles. The van der Waals surface area contributed by atoms with Crippen molar-refractivity contribution in [2.24, 2.45) is 5.10 Å². The van der Waals surface area contributed by atoms with E-state index in [1.807, 2.05) is 25.1 Å².